The van der Waals surface area contributed by atoms with Gasteiger partial charge in [-0.1, -0.05) is 98.8 Å². The van der Waals surface area contributed by atoms with Crippen LogP contribution in [0.25, 0.3) is 39.1 Å². The van der Waals surface area contributed by atoms with E-state index in [0.717, 1.165) is 5.46 Å². The van der Waals surface area contributed by atoms with E-state index in [1.165, 1.54) is 44.2 Å². The van der Waals surface area contributed by atoms with E-state index in [1.807, 2.05) is 0 Å². The van der Waals surface area contributed by atoms with Gasteiger partial charge in [-0.2, -0.15) is 0 Å². The number of allylic oxidation sites excluding steroid dienone is 1. The Bertz CT molecular complexity index is 1460. The third kappa shape index (κ3) is 4.79. The highest BCUT2D eigenvalue weighted by Crippen LogP contribution is 2.38. The van der Waals surface area contributed by atoms with Crippen LogP contribution in [0.4, 0.5) is 0 Å². The Balaban J connectivity index is 1.60. The van der Waals surface area contributed by atoms with Gasteiger partial charge in [0.1, 0.15) is 0 Å². The molecule has 0 radical (unpaired) electrons. The van der Waals surface area contributed by atoms with E-state index in [4.69, 9.17) is 9.31 Å². The summed E-state index contributed by atoms with van der Waals surface area (Å²) in [7, 11) is -0.391. The molecular weight excluding hydrogens is 451 g/mol. The highest BCUT2D eigenvalue weighted by molar-refractivity contribution is 6.65. The number of aryl methyl sites for hydroxylation is 1. The van der Waals surface area contributed by atoms with E-state index in [1.54, 1.807) is 0 Å². The molecule has 1 fully saturated rings. The molecule has 0 N–H and O–H groups in total. The Morgan fingerprint density at radius 3 is 2.00 bits per heavy atom. The maximum absolute atomic E-state index is 6.42. The zero-order valence-corrected chi connectivity index (χ0v) is 23.1. The monoisotopic (exact) mass is 488 g/mol. The second-order valence-corrected chi connectivity index (χ2v) is 11.6. The van der Waals surface area contributed by atoms with Crippen LogP contribution in [0, 0.1) is 12.8 Å². The Morgan fingerprint density at radius 1 is 0.703 bits per heavy atom. The fraction of sp³-hybridized carbons (Fsp3) is 0.294. The van der Waals surface area contributed by atoms with Crippen LogP contribution in [-0.2, 0) is 9.31 Å². The average Bonchev–Trinajstić information content (AvgIpc) is 3.08. The third-order valence-electron chi connectivity index (χ3n) is 7.92. The molecule has 4 aromatic rings. The van der Waals surface area contributed by atoms with Crippen molar-refractivity contribution in [2.45, 2.75) is 59.7 Å². The summed E-state index contributed by atoms with van der Waals surface area (Å²) in [5.74, 6) is 0.507. The molecule has 4 aromatic carbocycles. The number of benzene rings is 4. The Morgan fingerprint density at radius 2 is 1.32 bits per heavy atom. The lowest BCUT2D eigenvalue weighted by Crippen LogP contribution is -2.41. The lowest BCUT2D eigenvalue weighted by Gasteiger charge is -2.32. The lowest BCUT2D eigenvalue weighted by atomic mass is 9.75. The summed E-state index contributed by atoms with van der Waals surface area (Å²) < 4.78 is 12.8. The van der Waals surface area contributed by atoms with Crippen molar-refractivity contribution in [2.75, 3.05) is 0 Å². The second kappa shape index (κ2) is 9.63. The minimum atomic E-state index is -0.391. The summed E-state index contributed by atoms with van der Waals surface area (Å²) in [5.41, 5.74) is 7.81. The van der Waals surface area contributed by atoms with Crippen molar-refractivity contribution in [3.8, 4) is 22.3 Å². The molecule has 1 heterocycles. The quantitative estimate of drug-likeness (QED) is 0.263. The summed E-state index contributed by atoms with van der Waals surface area (Å²) in [6.45, 7) is 15.0. The summed E-state index contributed by atoms with van der Waals surface area (Å²) >= 11 is 0. The van der Waals surface area contributed by atoms with Crippen molar-refractivity contribution in [2.24, 2.45) is 5.92 Å². The van der Waals surface area contributed by atoms with Gasteiger partial charge in [0.05, 0.1) is 11.2 Å². The molecule has 37 heavy (non-hydrogen) atoms. The van der Waals surface area contributed by atoms with Crippen LogP contribution in [0.3, 0.4) is 0 Å². The van der Waals surface area contributed by atoms with Gasteiger partial charge in [-0.25, -0.2) is 0 Å². The predicted molar refractivity (Wildman–Crippen MR) is 159 cm³/mol. The molecule has 1 aliphatic rings. The zero-order valence-electron chi connectivity index (χ0n) is 23.1. The van der Waals surface area contributed by atoms with Crippen LogP contribution in [0.5, 0.6) is 0 Å². The largest absolute Gasteiger partial charge is 0.495 e. The van der Waals surface area contributed by atoms with Crippen LogP contribution in [0.2, 0.25) is 0 Å². The number of hydrogen-bond donors (Lipinski definition) is 0. The molecule has 3 heteroatoms. The fourth-order valence-electron chi connectivity index (χ4n) is 5.05. The topological polar surface area (TPSA) is 18.5 Å². The molecule has 0 spiro atoms. The van der Waals surface area contributed by atoms with Gasteiger partial charge >= 0.3 is 7.12 Å². The van der Waals surface area contributed by atoms with Crippen molar-refractivity contribution < 1.29 is 9.31 Å². The van der Waals surface area contributed by atoms with Crippen molar-refractivity contribution in [1.82, 2.24) is 0 Å². The first-order valence-electron chi connectivity index (χ1n) is 13.3. The normalized spacial score (nSPS) is 16.8. The van der Waals surface area contributed by atoms with Crippen LogP contribution < -0.4 is 5.46 Å². The molecule has 0 aromatic heterocycles. The molecule has 5 rings (SSSR count). The van der Waals surface area contributed by atoms with Crippen LogP contribution >= 0.6 is 0 Å². The van der Waals surface area contributed by atoms with Crippen LogP contribution in [0.1, 0.15) is 52.7 Å². The molecule has 0 saturated carbocycles. The maximum Gasteiger partial charge on any atom is 0.495 e. The zero-order chi connectivity index (χ0) is 26.4. The van der Waals surface area contributed by atoms with Crippen molar-refractivity contribution in [1.29, 1.82) is 0 Å². The van der Waals surface area contributed by atoms with Crippen LogP contribution in [-0.4, -0.2) is 18.3 Å². The van der Waals surface area contributed by atoms with Gasteiger partial charge in [0.15, 0.2) is 0 Å². The SMILES string of the molecule is Cc1cccc(-c2cccc(-c3ccc(B4OC(C)(C)C(C)(C)O4)c4ccccc34)c2)c1/C=C\C(C)C. The van der Waals surface area contributed by atoms with E-state index < -0.39 is 7.12 Å². The summed E-state index contributed by atoms with van der Waals surface area (Å²) in [6.07, 6.45) is 4.55. The van der Waals surface area contributed by atoms with Crippen molar-refractivity contribution in [3.63, 3.8) is 0 Å². The molecule has 0 atom stereocenters. The molecule has 0 amide bonds. The molecule has 2 nitrogen and oxygen atoms in total. The van der Waals surface area contributed by atoms with E-state index in [9.17, 15) is 0 Å². The molecule has 0 bridgehead atoms. The van der Waals surface area contributed by atoms with E-state index in [-0.39, 0.29) is 11.2 Å². The smallest absolute Gasteiger partial charge is 0.399 e. The number of hydrogen-bond acceptors (Lipinski definition) is 2. The van der Waals surface area contributed by atoms with Gasteiger partial charge in [-0.05, 0) is 96.2 Å². The van der Waals surface area contributed by atoms with Gasteiger partial charge in [0, 0.05) is 0 Å². The first-order valence-corrected chi connectivity index (χ1v) is 13.3. The van der Waals surface area contributed by atoms with Gasteiger partial charge in [0.25, 0.3) is 0 Å². The molecular formula is C34H37BO2. The summed E-state index contributed by atoms with van der Waals surface area (Å²) in [6, 6.07) is 28.5. The highest BCUT2D eigenvalue weighted by Gasteiger charge is 2.52. The molecule has 1 aliphatic heterocycles. The first kappa shape index (κ1) is 25.5. The number of fused-ring (bicyclic) bond motifs is 1. The molecule has 188 valence electrons. The van der Waals surface area contributed by atoms with Gasteiger partial charge in [-0.15, -0.1) is 0 Å². The van der Waals surface area contributed by atoms with E-state index >= 15 is 0 Å². The minimum absolute atomic E-state index is 0.374. The van der Waals surface area contributed by atoms with Gasteiger partial charge in [-0.3, -0.25) is 0 Å². The van der Waals surface area contributed by atoms with E-state index in [0.29, 0.717) is 5.92 Å². The average molecular weight is 488 g/mol. The Hall–Kier alpha value is -3.14. The summed E-state index contributed by atoms with van der Waals surface area (Å²) in [4.78, 5) is 0. The Kier molecular flexibility index (Phi) is 6.64. The highest BCUT2D eigenvalue weighted by atomic mass is 16.7. The minimum Gasteiger partial charge on any atom is -0.399 e. The molecule has 0 unspecified atom stereocenters. The van der Waals surface area contributed by atoms with Gasteiger partial charge < -0.3 is 9.31 Å². The third-order valence-corrected chi connectivity index (χ3v) is 7.92. The molecule has 0 aliphatic carbocycles. The number of rotatable bonds is 5. The second-order valence-electron chi connectivity index (χ2n) is 11.6. The standard InChI is InChI=1S/C34H37BO2/c1-23(2)18-19-27-24(3)12-10-17-28(27)25-13-11-14-26(22-25)29-20-21-32(31-16-9-8-15-30(29)31)35-36-33(4,5)34(6,7)37-35/h8-23H,1-7H3/b19-18-. The van der Waals surface area contributed by atoms with E-state index in [2.05, 4.69) is 139 Å². The van der Waals surface area contributed by atoms with Crippen molar-refractivity contribution in [3.05, 3.63) is 96.1 Å². The predicted octanol–water partition coefficient (Wildman–Crippen LogP) is 8.45. The molecule has 1 saturated heterocycles. The van der Waals surface area contributed by atoms with Crippen LogP contribution in [0.15, 0.2) is 84.9 Å². The van der Waals surface area contributed by atoms with Crippen molar-refractivity contribution >= 4 is 29.4 Å². The van der Waals surface area contributed by atoms with Gasteiger partial charge in [0.2, 0.25) is 0 Å². The fourth-order valence-corrected chi connectivity index (χ4v) is 5.05. The summed E-state index contributed by atoms with van der Waals surface area (Å²) in [5, 5.41) is 2.37. The first-order chi connectivity index (χ1) is 17.6. The Labute approximate surface area is 222 Å². The lowest BCUT2D eigenvalue weighted by molar-refractivity contribution is 0.00578. The maximum atomic E-state index is 6.42.